The molecule has 0 spiro atoms. The lowest BCUT2D eigenvalue weighted by atomic mass is 10.4. The van der Waals surface area contributed by atoms with E-state index in [0.717, 1.165) is 6.42 Å². The van der Waals surface area contributed by atoms with Gasteiger partial charge in [0.25, 0.3) is 0 Å². The number of amides is 2. The van der Waals surface area contributed by atoms with Gasteiger partial charge in [-0.15, -0.1) is 0 Å². The maximum absolute atomic E-state index is 10.4. The molecule has 0 aromatic carbocycles. The van der Waals surface area contributed by atoms with E-state index in [1.807, 2.05) is 0 Å². The highest BCUT2D eigenvalue weighted by Gasteiger charge is 2.20. The van der Waals surface area contributed by atoms with Crippen LogP contribution >= 0.6 is 0 Å². The molecule has 1 heterocycles. The second-order valence-electron chi connectivity index (χ2n) is 2.79. The van der Waals surface area contributed by atoms with Gasteiger partial charge in [0, 0.05) is 13.0 Å². The highest BCUT2D eigenvalue weighted by Crippen LogP contribution is 2.10. The zero-order valence-electron chi connectivity index (χ0n) is 7.06. The minimum absolute atomic E-state index is 0.119. The number of nitrogens with two attached hydrogens (primary N) is 1. The first kappa shape index (κ1) is 9.50. The Labute approximate surface area is 75.0 Å². The van der Waals surface area contributed by atoms with Crippen LogP contribution in [0.15, 0.2) is 4.99 Å². The lowest BCUT2D eigenvalue weighted by Crippen LogP contribution is -2.31. The molecule has 0 aliphatic carbocycles. The summed E-state index contributed by atoms with van der Waals surface area (Å²) in [4.78, 5) is 25.9. The number of carboxylic acid groups (broad SMARTS) is 1. The maximum Gasteiger partial charge on any atom is 0.339 e. The number of carboxylic acids is 1. The predicted molar refractivity (Wildman–Crippen MR) is 45.5 cm³/mol. The van der Waals surface area contributed by atoms with E-state index in [-0.39, 0.29) is 6.54 Å². The Hall–Kier alpha value is -1.59. The molecule has 0 aromatic rings. The fourth-order valence-corrected chi connectivity index (χ4v) is 1.30. The Morgan fingerprint density at radius 1 is 1.62 bits per heavy atom. The van der Waals surface area contributed by atoms with Crippen LogP contribution in [0, 0.1) is 0 Å². The van der Waals surface area contributed by atoms with E-state index in [1.54, 1.807) is 4.90 Å². The van der Waals surface area contributed by atoms with Crippen LogP contribution in [0.4, 0.5) is 4.79 Å². The third-order valence-corrected chi connectivity index (χ3v) is 1.76. The van der Waals surface area contributed by atoms with Crippen molar-refractivity contribution in [3.05, 3.63) is 0 Å². The number of hydrogen-bond acceptors (Lipinski definition) is 2. The third-order valence-electron chi connectivity index (χ3n) is 1.76. The smallest absolute Gasteiger partial charge is 0.339 e. The van der Waals surface area contributed by atoms with Crippen LogP contribution in [0.3, 0.4) is 0 Å². The van der Waals surface area contributed by atoms with Gasteiger partial charge in [-0.1, -0.05) is 0 Å². The highest BCUT2D eigenvalue weighted by molar-refractivity contribution is 5.95. The van der Waals surface area contributed by atoms with Crippen molar-refractivity contribution in [1.82, 2.24) is 4.90 Å². The Balaban J connectivity index is 2.63. The number of carbonyl (C=O) groups excluding carboxylic acids is 1. The first-order valence-corrected chi connectivity index (χ1v) is 3.93. The van der Waals surface area contributed by atoms with Crippen molar-refractivity contribution in [1.29, 1.82) is 0 Å². The molecule has 6 nitrogen and oxygen atoms in total. The number of aliphatic carboxylic acids is 1. The Kier molecular flexibility index (Phi) is 2.84. The molecular formula is C7H11N3O3. The van der Waals surface area contributed by atoms with E-state index in [2.05, 4.69) is 4.99 Å². The average Bonchev–Trinajstić information content (AvgIpc) is 2.34. The van der Waals surface area contributed by atoms with E-state index < -0.39 is 12.0 Å². The van der Waals surface area contributed by atoms with E-state index in [0.29, 0.717) is 18.8 Å². The first-order chi connectivity index (χ1) is 6.09. The molecule has 1 saturated heterocycles. The Morgan fingerprint density at radius 2 is 2.31 bits per heavy atom. The first-order valence-electron chi connectivity index (χ1n) is 3.93. The van der Waals surface area contributed by atoms with E-state index in [1.165, 1.54) is 0 Å². The Morgan fingerprint density at radius 3 is 2.85 bits per heavy atom. The standard InChI is InChI=1S/C7H11N3O3/c8-7(13)9-5-2-1-3-10(5)4-6(11)12/h1-4H2,(H2,8,13)(H,11,12)/b9-5+. The summed E-state index contributed by atoms with van der Waals surface area (Å²) in [5.74, 6) is -0.450. The van der Waals surface area contributed by atoms with Gasteiger partial charge >= 0.3 is 12.0 Å². The van der Waals surface area contributed by atoms with Gasteiger partial charge in [0.2, 0.25) is 0 Å². The molecule has 0 unspecified atom stereocenters. The van der Waals surface area contributed by atoms with Crippen LogP contribution in [0.1, 0.15) is 12.8 Å². The quantitative estimate of drug-likeness (QED) is 0.614. The molecule has 0 aromatic heterocycles. The summed E-state index contributed by atoms with van der Waals surface area (Å²) in [5, 5.41) is 8.51. The molecule has 1 aliphatic rings. The zero-order valence-corrected chi connectivity index (χ0v) is 7.06. The van der Waals surface area contributed by atoms with Crippen molar-refractivity contribution in [3.8, 4) is 0 Å². The van der Waals surface area contributed by atoms with Crippen molar-refractivity contribution in [3.63, 3.8) is 0 Å². The topological polar surface area (TPSA) is 96.0 Å². The van der Waals surface area contributed by atoms with E-state index in [9.17, 15) is 9.59 Å². The van der Waals surface area contributed by atoms with Gasteiger partial charge in [-0.3, -0.25) is 4.79 Å². The molecule has 0 atom stereocenters. The summed E-state index contributed by atoms with van der Waals surface area (Å²) in [5.41, 5.74) is 4.86. The summed E-state index contributed by atoms with van der Waals surface area (Å²) < 4.78 is 0. The molecule has 2 amide bonds. The van der Waals surface area contributed by atoms with E-state index >= 15 is 0 Å². The van der Waals surface area contributed by atoms with Crippen molar-refractivity contribution >= 4 is 17.8 Å². The molecular weight excluding hydrogens is 174 g/mol. The molecule has 0 radical (unpaired) electrons. The van der Waals surface area contributed by atoms with Crippen LogP contribution < -0.4 is 5.73 Å². The van der Waals surface area contributed by atoms with Crippen LogP contribution in [0.5, 0.6) is 0 Å². The predicted octanol–water partition coefficient (Wildman–Crippen LogP) is -0.356. The fraction of sp³-hybridized carbons (Fsp3) is 0.571. The summed E-state index contributed by atoms with van der Waals surface area (Å²) >= 11 is 0. The van der Waals surface area contributed by atoms with Gasteiger partial charge in [0.15, 0.2) is 0 Å². The number of rotatable bonds is 2. The minimum atomic E-state index is -0.931. The van der Waals surface area contributed by atoms with Crippen molar-refractivity contribution in [2.75, 3.05) is 13.1 Å². The molecule has 72 valence electrons. The number of aliphatic imine (C=N–C) groups is 1. The number of likely N-dealkylation sites (tertiary alicyclic amines) is 1. The molecule has 1 fully saturated rings. The van der Waals surface area contributed by atoms with Gasteiger partial charge in [-0.2, -0.15) is 4.99 Å². The van der Waals surface area contributed by atoms with Gasteiger partial charge in [-0.25, -0.2) is 4.79 Å². The molecule has 13 heavy (non-hydrogen) atoms. The van der Waals surface area contributed by atoms with Crippen LogP contribution in [0.2, 0.25) is 0 Å². The number of nitrogens with zero attached hydrogens (tertiary/aromatic N) is 2. The number of hydrogen-bond donors (Lipinski definition) is 2. The lowest BCUT2D eigenvalue weighted by Gasteiger charge is -2.14. The number of primary amides is 1. The van der Waals surface area contributed by atoms with Gasteiger partial charge in [0.1, 0.15) is 12.4 Å². The normalized spacial score (nSPS) is 19.4. The molecule has 1 rings (SSSR count). The van der Waals surface area contributed by atoms with Crippen molar-refractivity contribution in [2.24, 2.45) is 10.7 Å². The van der Waals surface area contributed by atoms with Crippen LogP contribution in [-0.4, -0.2) is 40.9 Å². The number of carbonyl (C=O) groups is 2. The monoisotopic (exact) mass is 185 g/mol. The van der Waals surface area contributed by atoms with Crippen molar-refractivity contribution < 1.29 is 14.7 Å². The highest BCUT2D eigenvalue weighted by atomic mass is 16.4. The van der Waals surface area contributed by atoms with Crippen LogP contribution in [0.25, 0.3) is 0 Å². The molecule has 0 saturated carbocycles. The summed E-state index contributed by atoms with van der Waals surface area (Å²) in [6, 6.07) is -0.771. The minimum Gasteiger partial charge on any atom is -0.480 e. The summed E-state index contributed by atoms with van der Waals surface area (Å²) in [6.07, 6.45) is 1.44. The number of urea groups is 1. The second kappa shape index (κ2) is 3.88. The van der Waals surface area contributed by atoms with Gasteiger partial charge < -0.3 is 15.7 Å². The Bertz CT molecular complexity index is 262. The largest absolute Gasteiger partial charge is 0.480 e. The third kappa shape index (κ3) is 2.73. The maximum atomic E-state index is 10.4. The summed E-state index contributed by atoms with van der Waals surface area (Å²) in [6.45, 7) is 0.504. The van der Waals surface area contributed by atoms with Gasteiger partial charge in [0.05, 0.1) is 0 Å². The average molecular weight is 185 g/mol. The molecule has 1 aliphatic heterocycles. The molecule has 3 N–H and O–H groups in total. The van der Waals surface area contributed by atoms with E-state index in [4.69, 9.17) is 10.8 Å². The van der Waals surface area contributed by atoms with Crippen LogP contribution in [-0.2, 0) is 4.79 Å². The zero-order chi connectivity index (χ0) is 9.84. The van der Waals surface area contributed by atoms with Crippen molar-refractivity contribution in [2.45, 2.75) is 12.8 Å². The fourth-order valence-electron chi connectivity index (χ4n) is 1.30. The molecule has 6 heteroatoms. The van der Waals surface area contributed by atoms with Gasteiger partial charge in [-0.05, 0) is 6.42 Å². The number of amidine groups is 1. The SMILES string of the molecule is NC(=O)/N=C1\CCCN1CC(=O)O. The molecule has 0 bridgehead atoms. The lowest BCUT2D eigenvalue weighted by molar-refractivity contribution is -0.137. The second-order valence-corrected chi connectivity index (χ2v) is 2.79. The summed E-state index contributed by atoms with van der Waals surface area (Å²) in [7, 11) is 0.